The van der Waals surface area contributed by atoms with Crippen LogP contribution in [0.4, 0.5) is 11.4 Å². The third-order valence-electron chi connectivity index (χ3n) is 4.40. The SMILES string of the molecule is CC.CC.CC.CC.CC.CC.CCC.Cc1ccc(N=Nc2ccccc2)cc1.[CH2-]C.[CH2-]C.[Y].[Y].[Y].[Y].[Y].[Y].[Y].c1ccc2ccccc2c1.c1ccccc1. The van der Waals surface area contributed by atoms with Crippen molar-refractivity contribution in [3.63, 3.8) is 0 Å². The van der Waals surface area contributed by atoms with Crippen LogP contribution in [0.25, 0.3) is 10.8 Å². The van der Waals surface area contributed by atoms with E-state index >= 15 is 0 Å². The molecule has 0 aromatic heterocycles. The Morgan fingerprint density at radius 1 is 0.316 bits per heavy atom. The summed E-state index contributed by atoms with van der Waals surface area (Å²) in [5.74, 6) is 0. The molecule has 0 fully saturated rings. The van der Waals surface area contributed by atoms with Gasteiger partial charge < -0.3 is 13.8 Å². The molecule has 0 spiro atoms. The summed E-state index contributed by atoms with van der Waals surface area (Å²) in [5.41, 5.74) is 2.98. The Labute approximate surface area is 534 Å². The van der Waals surface area contributed by atoms with E-state index in [2.05, 4.69) is 93.4 Å². The normalized spacial score (nSPS) is 6.58. The van der Waals surface area contributed by atoms with Crippen LogP contribution in [0.2, 0.25) is 0 Å². The summed E-state index contributed by atoms with van der Waals surface area (Å²) in [4.78, 5) is 0. The summed E-state index contributed by atoms with van der Waals surface area (Å²) in [6, 6.07) is 46.4. The second kappa shape index (κ2) is 103. The van der Waals surface area contributed by atoms with Crippen molar-refractivity contribution in [2.24, 2.45) is 10.2 Å². The van der Waals surface area contributed by atoms with Crippen molar-refractivity contribution in [3.8, 4) is 0 Å². The van der Waals surface area contributed by atoms with Gasteiger partial charge in [0.15, 0.2) is 0 Å². The second-order valence-corrected chi connectivity index (χ2v) is 7.58. The Morgan fingerprint density at radius 2 is 0.491 bits per heavy atom. The maximum absolute atomic E-state index is 4.14. The monoisotopic (exact) mass is 1310 g/mol. The molecule has 0 atom stereocenters. The molecule has 0 aliphatic heterocycles. The van der Waals surface area contributed by atoms with Crippen LogP contribution in [0.3, 0.4) is 0 Å². The fraction of sp³-hybridized carbons (Fsp3) is 0.375. The first-order valence-corrected chi connectivity index (χ1v) is 19.1. The topological polar surface area (TPSA) is 24.7 Å². The standard InChI is InChI=1S/C13H12N2.C10H8.C6H6.C3H8.6C2H6.2C2H5.7Y/c1-11-7-9-13(10-8-11)15-14-12-5-3-2-4-6-12;1-2-6-10-8-4-3-7-9(10)5-1;1-2-4-6-5-3-1;1-3-2;8*1-2;;;;;;;/h2-10H,1H3;1-8H;1-6H;3H2,1-2H3;6*1-2H3;2*1H2,2H3;;;;;;;/q;;;;;;;;;;2*-1;;;;;;;. The van der Waals surface area contributed by atoms with E-state index in [1.165, 1.54) is 22.8 Å². The van der Waals surface area contributed by atoms with Crippen LogP contribution >= 0.6 is 0 Å². The van der Waals surface area contributed by atoms with Gasteiger partial charge in [-0.15, -0.1) is 0 Å². The van der Waals surface area contributed by atoms with Gasteiger partial charge in [-0.3, -0.25) is 0 Å². The molecule has 9 heteroatoms. The van der Waals surface area contributed by atoms with Crippen molar-refractivity contribution in [1.82, 2.24) is 0 Å². The fourth-order valence-corrected chi connectivity index (χ4v) is 2.74. The van der Waals surface area contributed by atoms with E-state index in [1.807, 2.05) is 174 Å². The molecule has 305 valence electrons. The van der Waals surface area contributed by atoms with Gasteiger partial charge in [-0.05, 0) is 42.0 Å². The minimum Gasteiger partial charge on any atom is -0.346 e. The largest absolute Gasteiger partial charge is 0.346 e. The second-order valence-electron chi connectivity index (χ2n) is 7.58. The van der Waals surface area contributed by atoms with Crippen LogP contribution in [0.1, 0.15) is 123 Å². The van der Waals surface area contributed by atoms with Crippen molar-refractivity contribution >= 4 is 22.1 Å². The third-order valence-corrected chi connectivity index (χ3v) is 4.40. The molecular formula is C48H80N2Y7-2. The van der Waals surface area contributed by atoms with Crippen molar-refractivity contribution < 1.29 is 229 Å². The molecule has 0 N–H and O–H groups in total. The smallest absolute Gasteiger partial charge is 0.0857 e. The van der Waals surface area contributed by atoms with Crippen LogP contribution in [0, 0.1) is 20.8 Å². The Balaban J connectivity index is -0.0000000328. The molecule has 5 aromatic rings. The van der Waals surface area contributed by atoms with Crippen LogP contribution in [-0.2, 0) is 229 Å². The van der Waals surface area contributed by atoms with Gasteiger partial charge >= 0.3 is 0 Å². The summed E-state index contributed by atoms with van der Waals surface area (Å²) < 4.78 is 0. The Hall–Kier alpha value is 3.69. The zero-order valence-electron chi connectivity index (χ0n) is 39.8. The number of hydrogen-bond acceptors (Lipinski definition) is 2. The number of hydrogen-bond donors (Lipinski definition) is 0. The van der Waals surface area contributed by atoms with Crippen LogP contribution in [-0.4, -0.2) is 0 Å². The number of fused-ring (bicyclic) bond motifs is 1. The zero-order chi connectivity index (χ0) is 40.3. The number of nitrogens with zero attached hydrogens (tertiary/aromatic N) is 2. The molecule has 0 amide bonds. The molecule has 0 saturated heterocycles. The Bertz CT molecular complexity index is 1120. The number of rotatable bonds is 2. The van der Waals surface area contributed by atoms with E-state index in [9.17, 15) is 0 Å². The maximum Gasteiger partial charge on any atom is 0.0857 e. The van der Waals surface area contributed by atoms with Crippen LogP contribution in [0.15, 0.2) is 150 Å². The number of benzene rings is 5. The van der Waals surface area contributed by atoms with Crippen molar-refractivity contribution in [3.05, 3.63) is 159 Å². The predicted octanol–water partition coefficient (Wildman–Crippen LogP) is 18.2. The molecule has 0 bridgehead atoms. The van der Waals surface area contributed by atoms with Crippen molar-refractivity contribution in [1.29, 1.82) is 0 Å². The molecule has 0 aliphatic carbocycles. The first-order chi connectivity index (χ1) is 24.7. The molecule has 0 unspecified atom stereocenters. The molecule has 2 nitrogen and oxygen atoms in total. The maximum atomic E-state index is 4.14. The fourth-order valence-electron chi connectivity index (χ4n) is 2.74. The van der Waals surface area contributed by atoms with E-state index < -0.39 is 0 Å². The molecule has 0 aliphatic rings. The van der Waals surface area contributed by atoms with E-state index in [4.69, 9.17) is 0 Å². The summed E-state index contributed by atoms with van der Waals surface area (Å²) in [6.45, 7) is 40.3. The van der Waals surface area contributed by atoms with Gasteiger partial charge in [0.05, 0.1) is 11.4 Å². The van der Waals surface area contributed by atoms with E-state index in [0.717, 1.165) is 11.4 Å². The van der Waals surface area contributed by atoms with Gasteiger partial charge in [0, 0.05) is 229 Å². The summed E-state index contributed by atoms with van der Waals surface area (Å²) in [7, 11) is 0. The summed E-state index contributed by atoms with van der Waals surface area (Å²) in [5, 5.41) is 10.9. The third kappa shape index (κ3) is 77.3. The van der Waals surface area contributed by atoms with Crippen molar-refractivity contribution in [2.45, 2.75) is 124 Å². The van der Waals surface area contributed by atoms with E-state index in [1.54, 1.807) is 13.8 Å². The van der Waals surface area contributed by atoms with Crippen molar-refractivity contribution in [2.75, 3.05) is 0 Å². The zero-order valence-corrected chi connectivity index (χ0v) is 59.7. The first-order valence-electron chi connectivity index (χ1n) is 19.1. The van der Waals surface area contributed by atoms with Gasteiger partial charge in [-0.2, -0.15) is 24.1 Å². The van der Waals surface area contributed by atoms with Gasteiger partial charge in [0.1, 0.15) is 0 Å². The summed E-state index contributed by atoms with van der Waals surface area (Å²) >= 11 is 0. The molecule has 57 heavy (non-hydrogen) atoms. The quantitative estimate of drug-likeness (QED) is 0.124. The van der Waals surface area contributed by atoms with Crippen LogP contribution in [0.5, 0.6) is 0 Å². The van der Waals surface area contributed by atoms with E-state index in [-0.39, 0.29) is 229 Å². The average molecular weight is 1310 g/mol. The van der Waals surface area contributed by atoms with Crippen LogP contribution < -0.4 is 0 Å². The molecule has 5 aromatic carbocycles. The van der Waals surface area contributed by atoms with Gasteiger partial charge in [-0.1, -0.05) is 224 Å². The summed E-state index contributed by atoms with van der Waals surface area (Å²) in [6.07, 6.45) is 1.25. The minimum absolute atomic E-state index is 0. The molecule has 7 radical (unpaired) electrons. The number of aryl methyl sites for hydroxylation is 1. The minimum atomic E-state index is 0. The van der Waals surface area contributed by atoms with E-state index in [0.29, 0.717) is 0 Å². The average Bonchev–Trinajstić information content (AvgIpc) is 3.25. The van der Waals surface area contributed by atoms with Gasteiger partial charge in [0.25, 0.3) is 0 Å². The van der Waals surface area contributed by atoms with Gasteiger partial charge in [-0.25, -0.2) is 0 Å². The molecule has 0 heterocycles. The first kappa shape index (κ1) is 99.2. The molecular weight excluding hydrogens is 1230 g/mol. The molecule has 5 rings (SSSR count). The Kier molecular flexibility index (Phi) is 179. The molecule has 0 saturated carbocycles. The van der Waals surface area contributed by atoms with Gasteiger partial charge in [0.2, 0.25) is 0 Å². The number of azo groups is 1. The predicted molar refractivity (Wildman–Crippen MR) is 238 cm³/mol. The Morgan fingerprint density at radius 3 is 0.719 bits per heavy atom.